The molecule has 26 heavy (non-hydrogen) atoms. The van der Waals surface area contributed by atoms with Crippen molar-refractivity contribution >= 4 is 21.6 Å². The number of alkyl halides is 3. The van der Waals surface area contributed by atoms with Crippen molar-refractivity contribution in [3.05, 3.63) is 54.3 Å². The molecule has 0 radical (unpaired) electrons. The van der Waals surface area contributed by atoms with Crippen molar-refractivity contribution in [1.29, 1.82) is 0 Å². The fourth-order valence-electron chi connectivity index (χ4n) is 1.84. The zero-order valence-electron chi connectivity index (χ0n) is 12.9. The van der Waals surface area contributed by atoms with E-state index in [0.717, 1.165) is 30.3 Å². The highest BCUT2D eigenvalue weighted by Gasteiger charge is 2.31. The first-order valence-corrected chi connectivity index (χ1v) is 8.44. The monoisotopic (exact) mass is 392 g/mol. The van der Waals surface area contributed by atoms with Crippen LogP contribution in [0, 0.1) is 5.82 Å². The number of amides is 1. The molecule has 0 atom stereocenters. The minimum absolute atomic E-state index is 0.142. The second kappa shape index (κ2) is 7.70. The minimum atomic E-state index is -4.90. The van der Waals surface area contributed by atoms with E-state index >= 15 is 0 Å². The van der Waals surface area contributed by atoms with Crippen LogP contribution in [0.5, 0.6) is 5.75 Å². The molecule has 0 heterocycles. The number of carbonyl (C=O) groups is 1. The minimum Gasteiger partial charge on any atom is -0.406 e. The normalized spacial score (nSPS) is 11.8. The maximum Gasteiger partial charge on any atom is 0.573 e. The Hall–Kier alpha value is -2.66. The van der Waals surface area contributed by atoms with Crippen LogP contribution >= 0.6 is 0 Å². The van der Waals surface area contributed by atoms with E-state index in [1.54, 1.807) is 0 Å². The number of sulfonamides is 1. The molecule has 0 spiro atoms. The smallest absolute Gasteiger partial charge is 0.406 e. The van der Waals surface area contributed by atoms with Crippen LogP contribution < -0.4 is 14.8 Å². The summed E-state index contributed by atoms with van der Waals surface area (Å²) in [5.41, 5.74) is 0.142. The molecule has 140 valence electrons. The number of hydrogen-bond acceptors (Lipinski definition) is 4. The van der Waals surface area contributed by atoms with Gasteiger partial charge in [-0.15, -0.1) is 13.2 Å². The zero-order chi connectivity index (χ0) is 19.4. The third-order valence-corrected chi connectivity index (χ3v) is 4.32. The Bertz CT molecular complexity index is 883. The molecule has 2 N–H and O–H groups in total. The van der Waals surface area contributed by atoms with E-state index in [2.05, 4.69) is 10.1 Å². The summed E-state index contributed by atoms with van der Waals surface area (Å²) in [6, 6.07) is 8.44. The van der Waals surface area contributed by atoms with Gasteiger partial charge in [-0.3, -0.25) is 4.79 Å². The zero-order valence-corrected chi connectivity index (χ0v) is 13.7. The van der Waals surface area contributed by atoms with Gasteiger partial charge in [0, 0.05) is 5.69 Å². The summed E-state index contributed by atoms with van der Waals surface area (Å²) in [7, 11) is -4.14. The molecule has 0 aliphatic carbocycles. The van der Waals surface area contributed by atoms with Crippen LogP contribution in [0.1, 0.15) is 0 Å². The van der Waals surface area contributed by atoms with Crippen LogP contribution in [0.3, 0.4) is 0 Å². The fourth-order valence-corrected chi connectivity index (χ4v) is 2.82. The summed E-state index contributed by atoms with van der Waals surface area (Å²) in [6.07, 6.45) is -4.90. The van der Waals surface area contributed by atoms with Crippen molar-refractivity contribution in [2.24, 2.45) is 0 Å². The summed E-state index contributed by atoms with van der Waals surface area (Å²) >= 11 is 0. The quantitative estimate of drug-likeness (QED) is 0.741. The van der Waals surface area contributed by atoms with Crippen molar-refractivity contribution < 1.29 is 35.5 Å². The van der Waals surface area contributed by atoms with Gasteiger partial charge in [0.2, 0.25) is 15.9 Å². The maximum atomic E-state index is 13.0. The van der Waals surface area contributed by atoms with E-state index < -0.39 is 40.4 Å². The van der Waals surface area contributed by atoms with Crippen molar-refractivity contribution in [3.8, 4) is 5.75 Å². The summed E-state index contributed by atoms with van der Waals surface area (Å²) < 4.78 is 78.9. The highest BCUT2D eigenvalue weighted by atomic mass is 32.2. The van der Waals surface area contributed by atoms with E-state index in [4.69, 9.17) is 0 Å². The molecule has 0 aliphatic heterocycles. The molecule has 0 fully saturated rings. The molecular weight excluding hydrogens is 380 g/mol. The van der Waals surface area contributed by atoms with Crippen LogP contribution in [0.2, 0.25) is 0 Å². The van der Waals surface area contributed by atoms with Crippen molar-refractivity contribution in [1.82, 2.24) is 4.72 Å². The first-order chi connectivity index (χ1) is 12.0. The van der Waals surface area contributed by atoms with Gasteiger partial charge < -0.3 is 10.1 Å². The van der Waals surface area contributed by atoms with Crippen molar-refractivity contribution in [2.45, 2.75) is 11.3 Å². The molecule has 6 nitrogen and oxygen atoms in total. The van der Waals surface area contributed by atoms with E-state index in [9.17, 15) is 30.8 Å². The molecule has 0 saturated heterocycles. The Morgan fingerprint density at radius 1 is 1.08 bits per heavy atom. The number of carbonyl (C=O) groups excluding carboxylic acids is 1. The van der Waals surface area contributed by atoms with Gasteiger partial charge in [-0.2, -0.15) is 0 Å². The van der Waals surface area contributed by atoms with Gasteiger partial charge in [0.25, 0.3) is 0 Å². The van der Waals surface area contributed by atoms with Crippen LogP contribution in [-0.2, 0) is 14.8 Å². The van der Waals surface area contributed by atoms with Crippen LogP contribution in [0.15, 0.2) is 53.4 Å². The van der Waals surface area contributed by atoms with Crippen LogP contribution in [-0.4, -0.2) is 27.2 Å². The van der Waals surface area contributed by atoms with Gasteiger partial charge in [0.05, 0.1) is 11.4 Å². The molecule has 1 amide bonds. The lowest BCUT2D eigenvalue weighted by atomic mass is 10.3. The van der Waals surface area contributed by atoms with E-state index in [1.807, 2.05) is 4.72 Å². The maximum absolute atomic E-state index is 13.0. The number of ether oxygens (including phenoxy) is 1. The number of anilines is 1. The van der Waals surface area contributed by atoms with Gasteiger partial charge in [0.15, 0.2) is 0 Å². The molecule has 0 bridgehead atoms. The van der Waals surface area contributed by atoms with Gasteiger partial charge in [-0.1, -0.05) is 6.07 Å². The Morgan fingerprint density at radius 2 is 1.73 bits per heavy atom. The SMILES string of the molecule is O=C(CNS(=O)(=O)c1ccc(OC(F)(F)F)cc1)Nc1cccc(F)c1. The van der Waals surface area contributed by atoms with Crippen LogP contribution in [0.4, 0.5) is 23.2 Å². The largest absolute Gasteiger partial charge is 0.573 e. The standard InChI is InChI=1S/C15H12F4N2O4S/c16-10-2-1-3-11(8-10)21-14(22)9-20-26(23,24)13-6-4-12(5-7-13)25-15(17,18)19/h1-8,20H,9H2,(H,21,22). The second-order valence-corrected chi connectivity index (χ2v) is 6.67. The molecule has 0 aliphatic rings. The van der Waals surface area contributed by atoms with Crippen molar-refractivity contribution in [2.75, 3.05) is 11.9 Å². The lowest BCUT2D eigenvalue weighted by Crippen LogP contribution is -2.32. The summed E-state index contributed by atoms with van der Waals surface area (Å²) in [5.74, 6) is -1.92. The molecule has 2 aromatic carbocycles. The van der Waals surface area contributed by atoms with Gasteiger partial charge >= 0.3 is 6.36 Å². The topological polar surface area (TPSA) is 84.5 Å². The summed E-state index contributed by atoms with van der Waals surface area (Å²) in [5, 5.41) is 2.29. The predicted molar refractivity (Wildman–Crippen MR) is 83.3 cm³/mol. The van der Waals surface area contributed by atoms with Crippen molar-refractivity contribution in [3.63, 3.8) is 0 Å². The van der Waals surface area contributed by atoms with E-state index in [-0.39, 0.29) is 10.6 Å². The third-order valence-electron chi connectivity index (χ3n) is 2.90. The second-order valence-electron chi connectivity index (χ2n) is 4.90. The lowest BCUT2D eigenvalue weighted by Gasteiger charge is -2.10. The summed E-state index contributed by atoms with van der Waals surface area (Å²) in [4.78, 5) is 11.4. The number of hydrogen-bond donors (Lipinski definition) is 2. The number of nitrogens with one attached hydrogen (secondary N) is 2. The van der Waals surface area contributed by atoms with E-state index in [1.165, 1.54) is 18.2 Å². The molecule has 2 aromatic rings. The Kier molecular flexibility index (Phi) is 5.83. The van der Waals surface area contributed by atoms with Gasteiger partial charge in [-0.25, -0.2) is 17.5 Å². The van der Waals surface area contributed by atoms with Gasteiger partial charge in [0.1, 0.15) is 11.6 Å². The molecule has 11 heteroatoms. The number of benzene rings is 2. The Balaban J connectivity index is 1.96. The Morgan fingerprint density at radius 3 is 2.31 bits per heavy atom. The fraction of sp³-hybridized carbons (Fsp3) is 0.133. The molecule has 0 aromatic heterocycles. The Labute approximate surface area is 145 Å². The average molecular weight is 392 g/mol. The highest BCUT2D eigenvalue weighted by molar-refractivity contribution is 7.89. The van der Waals surface area contributed by atoms with Crippen LogP contribution in [0.25, 0.3) is 0 Å². The highest BCUT2D eigenvalue weighted by Crippen LogP contribution is 2.23. The molecular formula is C15H12F4N2O4S. The molecule has 0 unspecified atom stereocenters. The van der Waals surface area contributed by atoms with Gasteiger partial charge in [-0.05, 0) is 42.5 Å². The number of rotatable bonds is 6. The molecule has 0 saturated carbocycles. The predicted octanol–water partition coefficient (Wildman–Crippen LogP) is 2.64. The third kappa shape index (κ3) is 6.01. The number of halogens is 4. The average Bonchev–Trinajstić information content (AvgIpc) is 2.52. The van der Waals surface area contributed by atoms with E-state index in [0.29, 0.717) is 0 Å². The molecule has 2 rings (SSSR count). The lowest BCUT2D eigenvalue weighted by molar-refractivity contribution is -0.274. The first kappa shape index (κ1) is 19.7. The summed E-state index contributed by atoms with van der Waals surface area (Å²) in [6.45, 7) is -0.653. The first-order valence-electron chi connectivity index (χ1n) is 6.96.